The lowest BCUT2D eigenvalue weighted by Gasteiger charge is -2.15. The normalized spacial score (nSPS) is 13.7. The van der Waals surface area contributed by atoms with Crippen molar-refractivity contribution in [3.63, 3.8) is 0 Å². The van der Waals surface area contributed by atoms with E-state index in [1.807, 2.05) is 0 Å². The summed E-state index contributed by atoms with van der Waals surface area (Å²) in [7, 11) is -3.24. The van der Waals surface area contributed by atoms with Gasteiger partial charge in [0.25, 0.3) is 5.91 Å². The van der Waals surface area contributed by atoms with Gasteiger partial charge < -0.3 is 24.8 Å². The smallest absolute Gasteiger partial charge is 0.328 e. The molecular weight excluding hydrogens is 557 g/mol. The number of esters is 1. The van der Waals surface area contributed by atoms with Gasteiger partial charge >= 0.3 is 5.97 Å². The Labute approximate surface area is 196 Å². The number of rotatable bonds is 8. The van der Waals surface area contributed by atoms with E-state index in [-0.39, 0.29) is 29.8 Å². The summed E-state index contributed by atoms with van der Waals surface area (Å²) < 4.78 is 23.4. The minimum absolute atomic E-state index is 0.00661. The Hall–Kier alpha value is -1.87. The van der Waals surface area contributed by atoms with E-state index in [1.165, 1.54) is 31.8 Å². The molecule has 8 nitrogen and oxygen atoms in total. The van der Waals surface area contributed by atoms with Crippen molar-refractivity contribution in [3.8, 4) is 17.2 Å². The van der Waals surface area contributed by atoms with E-state index in [0.717, 1.165) is 0 Å². The Morgan fingerprint density at radius 2 is 1.81 bits per heavy atom. The van der Waals surface area contributed by atoms with Crippen LogP contribution in [0.4, 0.5) is 0 Å². The van der Waals surface area contributed by atoms with Gasteiger partial charge in [0.2, 0.25) is 7.37 Å². The lowest BCUT2D eigenvalue weighted by Crippen LogP contribution is -2.39. The van der Waals surface area contributed by atoms with Crippen molar-refractivity contribution >= 4 is 51.1 Å². The van der Waals surface area contributed by atoms with Gasteiger partial charge in [-0.25, -0.2) is 4.79 Å². The molecule has 2 aromatic carbocycles. The highest BCUT2D eigenvalue weighted by Crippen LogP contribution is 2.44. The molecule has 0 radical (unpaired) electrons. The van der Waals surface area contributed by atoms with Crippen molar-refractivity contribution in [2.24, 2.45) is 0 Å². The van der Waals surface area contributed by atoms with E-state index < -0.39 is 25.3 Å². The number of hydrogen-bond acceptors (Lipinski definition) is 6. The van der Waals surface area contributed by atoms with Crippen molar-refractivity contribution < 1.29 is 33.6 Å². The average molecular weight is 579 g/mol. The molecule has 0 bridgehead atoms. The molecule has 168 valence electrons. The Kier molecular flexibility index (Phi) is 8.71. The minimum atomic E-state index is -3.24. The van der Waals surface area contributed by atoms with Crippen LogP contribution in [-0.2, 0) is 20.3 Å². The van der Waals surface area contributed by atoms with Gasteiger partial charge in [-0.05, 0) is 81.6 Å². The highest BCUT2D eigenvalue weighted by atomic mass is 79.9. The van der Waals surface area contributed by atoms with Crippen LogP contribution in [0.25, 0.3) is 0 Å². The van der Waals surface area contributed by atoms with E-state index in [1.54, 1.807) is 19.1 Å². The SMILES string of the molecule is CCOC(=O)[C@H](C)NC(=O)c1cc(Oc2c(Br)cc(CP(C)(=O)O)cc2Br)ccc1O. The third kappa shape index (κ3) is 7.35. The first-order valence-electron chi connectivity index (χ1n) is 9.16. The molecule has 11 heteroatoms. The molecule has 31 heavy (non-hydrogen) atoms. The van der Waals surface area contributed by atoms with Crippen LogP contribution in [0.1, 0.15) is 29.8 Å². The van der Waals surface area contributed by atoms with Crippen molar-refractivity contribution in [2.45, 2.75) is 26.1 Å². The summed E-state index contributed by atoms with van der Waals surface area (Å²) in [6, 6.07) is 6.55. The number of amides is 1. The van der Waals surface area contributed by atoms with Crippen molar-refractivity contribution in [3.05, 3.63) is 50.4 Å². The Bertz CT molecular complexity index is 1020. The molecular formula is C20H22Br2NO7P. The number of hydrogen-bond donors (Lipinski definition) is 3. The van der Waals surface area contributed by atoms with Gasteiger partial charge in [-0.15, -0.1) is 0 Å². The van der Waals surface area contributed by atoms with Crippen LogP contribution in [-0.4, -0.2) is 41.2 Å². The number of phenols is 1. The maximum Gasteiger partial charge on any atom is 0.328 e. The molecule has 0 heterocycles. The van der Waals surface area contributed by atoms with Crippen molar-refractivity contribution in [2.75, 3.05) is 13.3 Å². The Morgan fingerprint density at radius 3 is 2.35 bits per heavy atom. The number of halogens is 2. The summed E-state index contributed by atoms with van der Waals surface area (Å²) in [5.41, 5.74) is 0.558. The van der Waals surface area contributed by atoms with Crippen LogP contribution >= 0.6 is 39.2 Å². The third-order valence-corrected chi connectivity index (χ3v) is 6.08. The zero-order valence-electron chi connectivity index (χ0n) is 17.0. The number of benzene rings is 2. The highest BCUT2D eigenvalue weighted by molar-refractivity contribution is 9.11. The fourth-order valence-corrected chi connectivity index (χ4v) is 4.92. The summed E-state index contributed by atoms with van der Waals surface area (Å²) in [6.45, 7) is 4.60. The zero-order valence-corrected chi connectivity index (χ0v) is 21.1. The lowest BCUT2D eigenvalue weighted by atomic mass is 10.1. The van der Waals surface area contributed by atoms with Crippen molar-refractivity contribution in [1.82, 2.24) is 5.32 Å². The summed E-state index contributed by atoms with van der Waals surface area (Å²) in [4.78, 5) is 33.8. The summed E-state index contributed by atoms with van der Waals surface area (Å²) in [5, 5.41) is 12.5. The molecule has 1 unspecified atom stereocenters. The fourth-order valence-electron chi connectivity index (χ4n) is 2.62. The maximum atomic E-state index is 12.5. The second kappa shape index (κ2) is 10.6. The summed E-state index contributed by atoms with van der Waals surface area (Å²) in [6.07, 6.45) is 0.00661. The Balaban J connectivity index is 2.25. The molecule has 0 aliphatic carbocycles. The van der Waals surface area contributed by atoms with Crippen LogP contribution in [0, 0.1) is 0 Å². The molecule has 0 saturated heterocycles. The summed E-state index contributed by atoms with van der Waals surface area (Å²) >= 11 is 6.76. The molecule has 0 aliphatic rings. The molecule has 0 aromatic heterocycles. The highest BCUT2D eigenvalue weighted by Gasteiger charge is 2.21. The molecule has 2 atom stereocenters. The molecule has 0 saturated carbocycles. The molecule has 0 fully saturated rings. The van der Waals surface area contributed by atoms with E-state index in [4.69, 9.17) is 9.47 Å². The second-order valence-electron chi connectivity index (χ2n) is 6.83. The monoisotopic (exact) mass is 577 g/mol. The van der Waals surface area contributed by atoms with Crippen LogP contribution in [0.3, 0.4) is 0 Å². The topological polar surface area (TPSA) is 122 Å². The minimum Gasteiger partial charge on any atom is -0.507 e. The number of aromatic hydroxyl groups is 1. The van der Waals surface area contributed by atoms with Gasteiger partial charge in [-0.1, -0.05) is 0 Å². The number of phenolic OH excluding ortho intramolecular Hbond substituents is 1. The third-order valence-electron chi connectivity index (χ3n) is 3.95. The predicted octanol–water partition coefficient (Wildman–Crippen LogP) is 4.79. The second-order valence-corrected chi connectivity index (χ2v) is 11.0. The zero-order chi connectivity index (χ0) is 23.3. The van der Waals surface area contributed by atoms with Crippen LogP contribution in [0.2, 0.25) is 0 Å². The quantitative estimate of drug-likeness (QED) is 0.304. The molecule has 1 amide bonds. The first-order chi connectivity index (χ1) is 14.4. The average Bonchev–Trinajstić information content (AvgIpc) is 2.64. The molecule has 0 aliphatic heterocycles. The maximum absolute atomic E-state index is 12.5. The standard InChI is InChI=1S/C20H22Br2NO7P/c1-4-29-20(26)11(2)23-19(25)14-9-13(5-6-17(14)24)30-18-15(21)7-12(8-16(18)22)10-31(3,27)28/h5-9,11,24H,4,10H2,1-3H3,(H,23,25)(H,27,28)/t11-/m0/s1. The van der Waals surface area contributed by atoms with E-state index in [0.29, 0.717) is 20.3 Å². The van der Waals surface area contributed by atoms with Crippen LogP contribution in [0.15, 0.2) is 39.3 Å². The van der Waals surface area contributed by atoms with Gasteiger partial charge in [0.05, 0.1) is 21.1 Å². The van der Waals surface area contributed by atoms with Gasteiger partial charge in [0.1, 0.15) is 17.5 Å². The van der Waals surface area contributed by atoms with Crippen LogP contribution in [0.5, 0.6) is 17.2 Å². The molecule has 2 rings (SSSR count). The van der Waals surface area contributed by atoms with Crippen molar-refractivity contribution in [1.29, 1.82) is 0 Å². The fraction of sp³-hybridized carbons (Fsp3) is 0.300. The molecule has 0 spiro atoms. The number of nitrogens with one attached hydrogen (secondary N) is 1. The molecule has 3 N–H and O–H groups in total. The van der Waals surface area contributed by atoms with Gasteiger partial charge in [0.15, 0.2) is 5.75 Å². The van der Waals surface area contributed by atoms with E-state index in [2.05, 4.69) is 37.2 Å². The van der Waals surface area contributed by atoms with Gasteiger partial charge in [0, 0.05) is 12.8 Å². The predicted molar refractivity (Wildman–Crippen MR) is 123 cm³/mol. The Morgan fingerprint density at radius 1 is 1.19 bits per heavy atom. The molecule has 2 aromatic rings. The number of carbonyl (C=O) groups is 2. The van der Waals surface area contributed by atoms with E-state index in [9.17, 15) is 24.2 Å². The van der Waals surface area contributed by atoms with Gasteiger partial charge in [-0.2, -0.15) is 0 Å². The largest absolute Gasteiger partial charge is 0.507 e. The van der Waals surface area contributed by atoms with E-state index >= 15 is 0 Å². The van der Waals surface area contributed by atoms with Gasteiger partial charge in [-0.3, -0.25) is 9.36 Å². The first kappa shape index (κ1) is 25.4. The summed E-state index contributed by atoms with van der Waals surface area (Å²) in [5.74, 6) is -0.904. The number of carbonyl (C=O) groups excluding carboxylic acids is 2. The first-order valence-corrected chi connectivity index (χ1v) is 13.0. The number of ether oxygens (including phenoxy) is 2. The van der Waals surface area contributed by atoms with Crippen LogP contribution < -0.4 is 10.1 Å². The lowest BCUT2D eigenvalue weighted by molar-refractivity contribution is -0.144.